The zero-order valence-corrected chi connectivity index (χ0v) is 9.76. The zero-order valence-electron chi connectivity index (χ0n) is 9.76. The number of hydrogen-bond acceptors (Lipinski definition) is 3. The maximum Gasteiger partial charge on any atom is 0.152 e. The van der Waals surface area contributed by atoms with E-state index >= 15 is 0 Å². The molecule has 0 heterocycles. The lowest BCUT2D eigenvalue weighted by Gasteiger charge is -2.20. The normalized spacial score (nSPS) is 13.4. The molecule has 0 fully saturated rings. The Labute approximate surface area is 86.3 Å². The summed E-state index contributed by atoms with van der Waals surface area (Å²) in [6.07, 6.45) is 0.301. The monoisotopic (exact) mass is 199 g/mol. The molecule has 3 nitrogen and oxygen atoms in total. The van der Waals surface area contributed by atoms with Crippen LogP contribution in [0.1, 0.15) is 41.0 Å². The van der Waals surface area contributed by atoms with Crippen molar-refractivity contribution in [2.75, 3.05) is 0 Å². The summed E-state index contributed by atoms with van der Waals surface area (Å²) >= 11 is 0. The van der Waals surface area contributed by atoms with Crippen molar-refractivity contribution in [3.8, 4) is 0 Å². The van der Waals surface area contributed by atoms with Gasteiger partial charge in [-0.05, 0) is 6.92 Å². The minimum atomic E-state index is -0.313. The molecule has 0 aromatic carbocycles. The van der Waals surface area contributed by atoms with Crippen molar-refractivity contribution in [3.63, 3.8) is 0 Å². The largest absolute Gasteiger partial charge is 0.305 e. The lowest BCUT2D eigenvalue weighted by Crippen LogP contribution is -2.43. The average molecular weight is 199 g/mol. The van der Waals surface area contributed by atoms with Gasteiger partial charge in [-0.25, -0.2) is 0 Å². The quantitative estimate of drug-likeness (QED) is 0.706. The number of carbonyl (C=O) groups is 2. The van der Waals surface area contributed by atoms with Gasteiger partial charge in [0.25, 0.3) is 0 Å². The molecule has 0 amide bonds. The van der Waals surface area contributed by atoms with E-state index in [4.69, 9.17) is 0 Å². The summed E-state index contributed by atoms with van der Waals surface area (Å²) in [5, 5.41) is 3.12. The van der Waals surface area contributed by atoms with Crippen LogP contribution in [0.3, 0.4) is 0 Å². The number of carbonyl (C=O) groups excluding carboxylic acids is 2. The number of rotatable bonds is 6. The summed E-state index contributed by atoms with van der Waals surface area (Å²) in [6.45, 7) is 9.18. The second kappa shape index (κ2) is 5.91. The van der Waals surface area contributed by atoms with Crippen LogP contribution in [0.5, 0.6) is 0 Å². The van der Waals surface area contributed by atoms with Crippen molar-refractivity contribution in [3.05, 3.63) is 0 Å². The first-order valence-corrected chi connectivity index (χ1v) is 5.13. The summed E-state index contributed by atoms with van der Waals surface area (Å²) in [5.41, 5.74) is 0. The molecule has 0 unspecified atom stereocenters. The molecule has 1 N–H and O–H groups in total. The molecule has 0 saturated carbocycles. The maximum atomic E-state index is 11.7. The van der Waals surface area contributed by atoms with E-state index in [1.165, 1.54) is 6.92 Å². The molecule has 0 aliphatic heterocycles. The molecule has 14 heavy (non-hydrogen) atoms. The number of nitrogens with one attached hydrogen (secondary N) is 1. The Morgan fingerprint density at radius 1 is 1.14 bits per heavy atom. The van der Waals surface area contributed by atoms with Crippen molar-refractivity contribution in [2.24, 2.45) is 5.92 Å². The minimum absolute atomic E-state index is 0.0226. The van der Waals surface area contributed by atoms with Gasteiger partial charge in [-0.15, -0.1) is 0 Å². The summed E-state index contributed by atoms with van der Waals surface area (Å²) in [7, 11) is 0. The Balaban J connectivity index is 4.38. The van der Waals surface area contributed by atoms with E-state index in [1.54, 1.807) is 0 Å². The van der Waals surface area contributed by atoms with Crippen LogP contribution in [-0.2, 0) is 9.59 Å². The van der Waals surface area contributed by atoms with Crippen molar-refractivity contribution < 1.29 is 9.59 Å². The Morgan fingerprint density at radius 3 is 1.93 bits per heavy atom. The van der Waals surface area contributed by atoms with E-state index in [2.05, 4.69) is 5.32 Å². The summed E-state index contributed by atoms with van der Waals surface area (Å²) in [5.74, 6) is 0.150. The average Bonchev–Trinajstić information content (AvgIpc) is 1.99. The van der Waals surface area contributed by atoms with Gasteiger partial charge in [0, 0.05) is 18.4 Å². The van der Waals surface area contributed by atoms with Crippen LogP contribution in [0.2, 0.25) is 0 Å². The third-order valence-corrected chi connectivity index (χ3v) is 1.94. The van der Waals surface area contributed by atoms with E-state index in [-0.39, 0.29) is 29.6 Å². The fraction of sp³-hybridized carbons (Fsp3) is 0.818. The van der Waals surface area contributed by atoms with Crippen LogP contribution in [-0.4, -0.2) is 23.7 Å². The minimum Gasteiger partial charge on any atom is -0.305 e. The van der Waals surface area contributed by atoms with Gasteiger partial charge in [-0.3, -0.25) is 9.59 Å². The van der Waals surface area contributed by atoms with Crippen LogP contribution in [0.25, 0.3) is 0 Å². The summed E-state index contributed by atoms with van der Waals surface area (Å²) < 4.78 is 0. The molecule has 0 bridgehead atoms. The predicted octanol–water partition coefficient (Wildman–Crippen LogP) is 1.56. The molecule has 0 aromatic rings. The first-order valence-electron chi connectivity index (χ1n) is 5.13. The smallest absolute Gasteiger partial charge is 0.152 e. The van der Waals surface area contributed by atoms with E-state index < -0.39 is 0 Å². The summed E-state index contributed by atoms with van der Waals surface area (Å²) in [4.78, 5) is 22.7. The lowest BCUT2D eigenvalue weighted by molar-refractivity contribution is -0.127. The van der Waals surface area contributed by atoms with E-state index in [0.717, 1.165) is 0 Å². The lowest BCUT2D eigenvalue weighted by atomic mass is 9.97. The highest BCUT2D eigenvalue weighted by molar-refractivity contribution is 5.90. The molecule has 0 radical (unpaired) electrons. The molecule has 0 spiro atoms. The van der Waals surface area contributed by atoms with Crippen LogP contribution in [0.4, 0.5) is 0 Å². The highest BCUT2D eigenvalue weighted by Crippen LogP contribution is 2.05. The van der Waals surface area contributed by atoms with Crippen molar-refractivity contribution in [2.45, 2.75) is 53.1 Å². The Kier molecular flexibility index (Phi) is 5.62. The van der Waals surface area contributed by atoms with Gasteiger partial charge in [-0.1, -0.05) is 27.7 Å². The van der Waals surface area contributed by atoms with Crippen LogP contribution >= 0.6 is 0 Å². The molecular formula is C11H21NO2. The third-order valence-electron chi connectivity index (χ3n) is 1.94. The molecule has 0 saturated heterocycles. The second-order valence-corrected chi connectivity index (χ2v) is 4.34. The van der Waals surface area contributed by atoms with Gasteiger partial charge < -0.3 is 5.32 Å². The van der Waals surface area contributed by atoms with Gasteiger partial charge in [-0.2, -0.15) is 0 Å². The maximum absolute atomic E-state index is 11.7. The topological polar surface area (TPSA) is 46.2 Å². The van der Waals surface area contributed by atoms with Crippen LogP contribution < -0.4 is 5.32 Å². The standard InChI is InChI=1S/C11H21NO2/c1-7(2)11(14)10(6-9(5)13)12-8(3)4/h7-8,10,12H,6H2,1-5H3/t10-/m0/s1. The Bertz CT molecular complexity index is 209. The first-order chi connectivity index (χ1) is 6.34. The highest BCUT2D eigenvalue weighted by atomic mass is 16.1. The van der Waals surface area contributed by atoms with E-state index in [0.29, 0.717) is 6.42 Å². The molecular weight excluding hydrogens is 178 g/mol. The number of Topliss-reactive ketones (excluding diaryl/α,β-unsaturated/α-hetero) is 2. The van der Waals surface area contributed by atoms with Crippen molar-refractivity contribution in [1.29, 1.82) is 0 Å². The third kappa shape index (κ3) is 5.12. The molecule has 0 aromatic heterocycles. The van der Waals surface area contributed by atoms with Crippen LogP contribution in [0, 0.1) is 5.92 Å². The SMILES string of the molecule is CC(=O)C[C@H](NC(C)C)C(=O)C(C)C. The second-order valence-electron chi connectivity index (χ2n) is 4.34. The molecule has 0 aliphatic rings. The van der Waals surface area contributed by atoms with Gasteiger partial charge >= 0.3 is 0 Å². The van der Waals surface area contributed by atoms with Gasteiger partial charge in [0.2, 0.25) is 0 Å². The summed E-state index contributed by atoms with van der Waals surface area (Å²) in [6, 6.07) is -0.0884. The highest BCUT2D eigenvalue weighted by Gasteiger charge is 2.22. The Hall–Kier alpha value is -0.700. The fourth-order valence-electron chi connectivity index (χ4n) is 1.33. The van der Waals surface area contributed by atoms with Gasteiger partial charge in [0.15, 0.2) is 5.78 Å². The molecule has 1 atom stereocenters. The van der Waals surface area contributed by atoms with Crippen molar-refractivity contribution in [1.82, 2.24) is 5.32 Å². The fourth-order valence-corrected chi connectivity index (χ4v) is 1.33. The van der Waals surface area contributed by atoms with Gasteiger partial charge in [0.1, 0.15) is 5.78 Å². The van der Waals surface area contributed by atoms with E-state index in [9.17, 15) is 9.59 Å². The molecule has 82 valence electrons. The number of ketones is 2. The first kappa shape index (κ1) is 13.3. The predicted molar refractivity (Wildman–Crippen MR) is 57.2 cm³/mol. The molecule has 0 aliphatic carbocycles. The van der Waals surface area contributed by atoms with Gasteiger partial charge in [0.05, 0.1) is 6.04 Å². The van der Waals surface area contributed by atoms with E-state index in [1.807, 2.05) is 27.7 Å². The molecule has 0 rings (SSSR count). The zero-order chi connectivity index (χ0) is 11.3. The Morgan fingerprint density at radius 2 is 1.64 bits per heavy atom. The molecule has 3 heteroatoms. The van der Waals surface area contributed by atoms with Crippen molar-refractivity contribution >= 4 is 11.6 Å². The van der Waals surface area contributed by atoms with Crippen LogP contribution in [0.15, 0.2) is 0 Å². The number of hydrogen-bond donors (Lipinski definition) is 1.